The van der Waals surface area contributed by atoms with E-state index in [1.165, 1.54) is 0 Å². The van der Waals surface area contributed by atoms with Gasteiger partial charge in [-0.3, -0.25) is 4.79 Å². The number of aliphatic hydroxyl groups is 1. The molecular formula is C7H8F4O3. The molecule has 82 valence electrons. The Morgan fingerprint density at radius 1 is 1.43 bits per heavy atom. The van der Waals surface area contributed by atoms with Crippen molar-refractivity contribution in [2.45, 2.75) is 18.3 Å². The van der Waals surface area contributed by atoms with Crippen molar-refractivity contribution >= 4 is 5.97 Å². The summed E-state index contributed by atoms with van der Waals surface area (Å²) in [6, 6.07) is 0. The molecule has 0 saturated heterocycles. The van der Waals surface area contributed by atoms with Gasteiger partial charge in [-0.25, -0.2) is 0 Å². The van der Waals surface area contributed by atoms with E-state index in [1.807, 2.05) is 0 Å². The van der Waals surface area contributed by atoms with Crippen LogP contribution in [0, 0.1) is 5.41 Å². The number of rotatable bonds is 2. The van der Waals surface area contributed by atoms with Crippen molar-refractivity contribution < 1.29 is 32.2 Å². The minimum Gasteiger partial charge on any atom is -0.468 e. The van der Waals surface area contributed by atoms with Crippen LogP contribution in [-0.4, -0.2) is 36.6 Å². The van der Waals surface area contributed by atoms with E-state index in [-0.39, 0.29) is 0 Å². The second-order valence-electron chi connectivity index (χ2n) is 3.19. The molecule has 1 aliphatic carbocycles. The van der Waals surface area contributed by atoms with Gasteiger partial charge in [-0.05, 0) is 0 Å². The van der Waals surface area contributed by atoms with E-state index in [2.05, 4.69) is 4.74 Å². The summed E-state index contributed by atoms with van der Waals surface area (Å²) in [6.45, 7) is -1.36. The number of carbonyl (C=O) groups is 1. The summed E-state index contributed by atoms with van der Waals surface area (Å²) in [5.74, 6) is -10.3. The molecule has 1 unspecified atom stereocenters. The second-order valence-corrected chi connectivity index (χ2v) is 3.19. The fourth-order valence-corrected chi connectivity index (χ4v) is 1.46. The number of aliphatic hydroxyl groups excluding tert-OH is 1. The summed E-state index contributed by atoms with van der Waals surface area (Å²) in [7, 11) is 0.798. The van der Waals surface area contributed by atoms with Crippen LogP contribution < -0.4 is 0 Å². The molecule has 0 aromatic carbocycles. The van der Waals surface area contributed by atoms with Crippen molar-refractivity contribution in [2.75, 3.05) is 13.7 Å². The molecule has 1 N–H and O–H groups in total. The van der Waals surface area contributed by atoms with Gasteiger partial charge >= 0.3 is 17.8 Å². The van der Waals surface area contributed by atoms with E-state index >= 15 is 0 Å². The zero-order chi connectivity index (χ0) is 11.2. The molecule has 1 atom stereocenters. The van der Waals surface area contributed by atoms with Gasteiger partial charge in [0.2, 0.25) is 0 Å². The lowest BCUT2D eigenvalue weighted by Gasteiger charge is -2.50. The van der Waals surface area contributed by atoms with Crippen LogP contribution in [0.5, 0.6) is 0 Å². The minimum absolute atomic E-state index is 0.798. The van der Waals surface area contributed by atoms with Crippen molar-refractivity contribution in [2.24, 2.45) is 5.41 Å². The fraction of sp³-hybridized carbons (Fsp3) is 0.857. The number of methoxy groups -OCH3 is 1. The van der Waals surface area contributed by atoms with E-state index < -0.39 is 36.3 Å². The number of carbonyl (C=O) groups excluding carboxylic acids is 1. The van der Waals surface area contributed by atoms with Crippen LogP contribution >= 0.6 is 0 Å². The average Bonchev–Trinajstić information content (AvgIpc) is 2.12. The third kappa shape index (κ3) is 0.985. The van der Waals surface area contributed by atoms with Crippen LogP contribution in [0.2, 0.25) is 0 Å². The summed E-state index contributed by atoms with van der Waals surface area (Å²) in [5, 5.41) is 8.59. The van der Waals surface area contributed by atoms with Gasteiger partial charge < -0.3 is 9.84 Å². The first kappa shape index (κ1) is 11.2. The highest BCUT2D eigenvalue weighted by Crippen LogP contribution is 2.63. The highest BCUT2D eigenvalue weighted by atomic mass is 19.3. The van der Waals surface area contributed by atoms with Crippen LogP contribution in [0.25, 0.3) is 0 Å². The number of ether oxygens (including phenoxy) is 1. The van der Waals surface area contributed by atoms with Crippen molar-refractivity contribution in [1.82, 2.24) is 0 Å². The predicted octanol–water partition coefficient (Wildman–Crippen LogP) is 0.812. The Bertz CT molecular complexity index is 266. The molecule has 0 radical (unpaired) electrons. The lowest BCUT2D eigenvalue weighted by molar-refractivity contribution is -0.355. The molecule has 0 aromatic rings. The number of hydrogen-bond donors (Lipinski definition) is 1. The molecule has 1 aliphatic rings. The lowest BCUT2D eigenvalue weighted by Crippen LogP contribution is -2.71. The van der Waals surface area contributed by atoms with Crippen LogP contribution in [0.15, 0.2) is 0 Å². The van der Waals surface area contributed by atoms with Crippen molar-refractivity contribution in [1.29, 1.82) is 0 Å². The highest BCUT2D eigenvalue weighted by molar-refractivity contribution is 5.80. The van der Waals surface area contributed by atoms with E-state index in [1.54, 1.807) is 0 Å². The van der Waals surface area contributed by atoms with Crippen LogP contribution in [0.4, 0.5) is 17.6 Å². The molecule has 0 aromatic heterocycles. The molecule has 0 amide bonds. The molecule has 1 saturated carbocycles. The monoisotopic (exact) mass is 216 g/mol. The largest absolute Gasteiger partial charge is 0.468 e. The van der Waals surface area contributed by atoms with Gasteiger partial charge in [-0.15, -0.1) is 0 Å². The Kier molecular flexibility index (Phi) is 2.26. The quantitative estimate of drug-likeness (QED) is 0.549. The number of halogens is 4. The Morgan fingerprint density at radius 3 is 2.14 bits per heavy atom. The van der Waals surface area contributed by atoms with Crippen molar-refractivity contribution in [3.63, 3.8) is 0 Å². The zero-order valence-corrected chi connectivity index (χ0v) is 7.19. The Morgan fingerprint density at radius 2 is 1.93 bits per heavy atom. The van der Waals surface area contributed by atoms with Crippen molar-refractivity contribution in [3.05, 3.63) is 0 Å². The maximum absolute atomic E-state index is 12.9. The third-order valence-corrected chi connectivity index (χ3v) is 2.43. The van der Waals surface area contributed by atoms with E-state index in [0.717, 1.165) is 7.11 Å². The SMILES string of the molecule is COC(=O)C1(CO)CC(F)(F)C1(F)F. The van der Waals surface area contributed by atoms with Gasteiger partial charge in [-0.2, -0.15) is 17.6 Å². The van der Waals surface area contributed by atoms with Gasteiger partial charge in [0.15, 0.2) is 5.41 Å². The first-order chi connectivity index (χ1) is 6.25. The summed E-state index contributed by atoms with van der Waals surface area (Å²) in [5.41, 5.74) is -2.79. The molecule has 3 nitrogen and oxygen atoms in total. The number of esters is 1. The van der Waals surface area contributed by atoms with Gasteiger partial charge in [0.25, 0.3) is 0 Å². The highest BCUT2D eigenvalue weighted by Gasteiger charge is 2.83. The predicted molar refractivity (Wildman–Crippen MR) is 36.0 cm³/mol. The zero-order valence-electron chi connectivity index (χ0n) is 7.19. The summed E-state index contributed by atoms with van der Waals surface area (Å²) < 4.78 is 54.5. The molecule has 7 heteroatoms. The molecule has 0 heterocycles. The number of alkyl halides is 4. The van der Waals surface area contributed by atoms with E-state index in [4.69, 9.17) is 5.11 Å². The normalized spacial score (nSPS) is 33.3. The van der Waals surface area contributed by atoms with Gasteiger partial charge in [0, 0.05) is 6.42 Å². The average molecular weight is 216 g/mol. The lowest BCUT2D eigenvalue weighted by atomic mass is 9.62. The van der Waals surface area contributed by atoms with Gasteiger partial charge in [0.1, 0.15) is 0 Å². The van der Waals surface area contributed by atoms with E-state index in [9.17, 15) is 22.4 Å². The maximum atomic E-state index is 12.9. The molecule has 0 bridgehead atoms. The molecule has 0 spiro atoms. The van der Waals surface area contributed by atoms with Crippen LogP contribution in [0.1, 0.15) is 6.42 Å². The number of hydrogen-bond acceptors (Lipinski definition) is 3. The Hall–Kier alpha value is -0.850. The third-order valence-electron chi connectivity index (χ3n) is 2.43. The van der Waals surface area contributed by atoms with Crippen molar-refractivity contribution in [3.8, 4) is 0 Å². The standard InChI is InChI=1S/C7H8F4O3/c1-14-4(13)5(3-12)2-6(8,9)7(5,10)11/h12H,2-3H2,1H3. The van der Waals surface area contributed by atoms with Crippen LogP contribution in [-0.2, 0) is 9.53 Å². The molecular weight excluding hydrogens is 208 g/mol. The molecule has 0 aliphatic heterocycles. The second kappa shape index (κ2) is 2.82. The van der Waals surface area contributed by atoms with E-state index in [0.29, 0.717) is 0 Å². The summed E-state index contributed by atoms with van der Waals surface area (Å²) in [4.78, 5) is 10.9. The van der Waals surface area contributed by atoms with Crippen LogP contribution in [0.3, 0.4) is 0 Å². The Balaban J connectivity index is 3.03. The smallest absolute Gasteiger partial charge is 0.328 e. The summed E-state index contributed by atoms with van der Waals surface area (Å²) >= 11 is 0. The minimum atomic E-state index is -4.55. The summed E-state index contributed by atoms with van der Waals surface area (Å²) in [6.07, 6.45) is -1.39. The topological polar surface area (TPSA) is 46.5 Å². The van der Waals surface area contributed by atoms with Gasteiger partial charge in [0.05, 0.1) is 13.7 Å². The molecule has 1 fully saturated rings. The van der Waals surface area contributed by atoms with Gasteiger partial charge in [-0.1, -0.05) is 0 Å². The Labute approximate surface area is 76.7 Å². The fourth-order valence-electron chi connectivity index (χ4n) is 1.46. The maximum Gasteiger partial charge on any atom is 0.328 e. The first-order valence-electron chi connectivity index (χ1n) is 3.70. The molecule has 1 rings (SSSR count). The first-order valence-corrected chi connectivity index (χ1v) is 3.70. The molecule has 14 heavy (non-hydrogen) atoms.